The van der Waals surface area contributed by atoms with Gasteiger partial charge in [0.05, 0.1) is 19.4 Å². The van der Waals surface area contributed by atoms with Crippen LogP contribution >= 0.6 is 0 Å². The van der Waals surface area contributed by atoms with Crippen LogP contribution in [0, 0.1) is 0 Å². The molecule has 0 aliphatic carbocycles. The highest BCUT2D eigenvalue weighted by molar-refractivity contribution is 5.77. The van der Waals surface area contributed by atoms with Gasteiger partial charge in [-0.2, -0.15) is 5.10 Å². The second-order valence-electron chi connectivity index (χ2n) is 2.15. The van der Waals surface area contributed by atoms with Crippen molar-refractivity contribution in [2.75, 3.05) is 13.2 Å². The van der Waals surface area contributed by atoms with Crippen LogP contribution < -0.4 is 5.53 Å². The number of allylic oxidation sites excluding steroid dienone is 1. The van der Waals surface area contributed by atoms with Crippen molar-refractivity contribution in [2.24, 2.45) is 5.10 Å². The Morgan fingerprint density at radius 2 is 2.60 bits per heavy atom. The van der Waals surface area contributed by atoms with E-state index < -0.39 is 0 Å². The van der Waals surface area contributed by atoms with Crippen LogP contribution in [-0.4, -0.2) is 29.5 Å². The summed E-state index contributed by atoms with van der Waals surface area (Å²) in [6.07, 6.45) is 3.62. The number of rotatable bonds is 2. The lowest BCUT2D eigenvalue weighted by atomic mass is 10.3. The van der Waals surface area contributed by atoms with E-state index >= 15 is 0 Å². The molecule has 0 spiro atoms. The molecule has 56 valence electrons. The van der Waals surface area contributed by atoms with E-state index in [2.05, 4.69) is 10.6 Å². The first-order chi connectivity index (χ1) is 4.83. The van der Waals surface area contributed by atoms with Crippen molar-refractivity contribution < 1.29 is 5.11 Å². The number of hydrazone groups is 1. The van der Waals surface area contributed by atoms with E-state index in [4.69, 9.17) is 5.11 Å². The average Bonchev–Trinajstić information content (AvgIpc) is 1.88. The molecule has 4 nitrogen and oxygen atoms in total. The maximum absolute atomic E-state index is 8.54. The zero-order chi connectivity index (χ0) is 7.40. The van der Waals surface area contributed by atoms with Crippen molar-refractivity contribution >= 4 is 6.21 Å². The number of hydrazine groups is 1. The Morgan fingerprint density at radius 3 is 3.20 bits per heavy atom. The maximum atomic E-state index is 8.54. The number of nitrogens with one attached hydrogen (secondary N) is 1. The van der Waals surface area contributed by atoms with Crippen LogP contribution in [0.2, 0.25) is 0 Å². The van der Waals surface area contributed by atoms with Gasteiger partial charge in [0, 0.05) is 6.20 Å². The first kappa shape index (κ1) is 7.08. The molecule has 1 rings (SSSR count). The fourth-order valence-electron chi connectivity index (χ4n) is 0.735. The average molecular weight is 141 g/mol. The quantitative estimate of drug-likeness (QED) is 0.554. The number of aliphatic hydroxyl groups is 1. The van der Waals surface area contributed by atoms with E-state index in [1.807, 2.05) is 13.1 Å². The Balaban J connectivity index is 2.43. The largest absolute Gasteiger partial charge is 0.394 e. The Bertz CT molecular complexity index is 164. The van der Waals surface area contributed by atoms with E-state index in [-0.39, 0.29) is 6.61 Å². The van der Waals surface area contributed by atoms with Crippen molar-refractivity contribution in [2.45, 2.75) is 6.92 Å². The third-order valence-electron chi connectivity index (χ3n) is 1.15. The molecule has 0 fully saturated rings. The normalized spacial score (nSPS) is 16.6. The molecular formula is C6H11N3O. The summed E-state index contributed by atoms with van der Waals surface area (Å²) in [6, 6.07) is 0. The van der Waals surface area contributed by atoms with Gasteiger partial charge in [-0.15, -0.1) is 0 Å². The number of hydrogen-bond donors (Lipinski definition) is 2. The molecule has 10 heavy (non-hydrogen) atoms. The van der Waals surface area contributed by atoms with Crippen molar-refractivity contribution in [3.8, 4) is 0 Å². The Hall–Kier alpha value is -1.03. The van der Waals surface area contributed by atoms with Crippen molar-refractivity contribution in [1.82, 2.24) is 10.5 Å². The third kappa shape index (κ3) is 1.73. The molecule has 0 saturated carbocycles. The van der Waals surface area contributed by atoms with E-state index in [1.54, 1.807) is 11.2 Å². The lowest BCUT2D eigenvalue weighted by Gasteiger charge is -2.20. The SMILES string of the molecule is CC1=CN(CCO)NN=C1. The first-order valence-electron chi connectivity index (χ1n) is 3.17. The van der Waals surface area contributed by atoms with Crippen LogP contribution in [0.4, 0.5) is 0 Å². The predicted molar refractivity (Wildman–Crippen MR) is 39.2 cm³/mol. The summed E-state index contributed by atoms with van der Waals surface area (Å²) < 4.78 is 0. The molecule has 0 bridgehead atoms. The van der Waals surface area contributed by atoms with Crippen LogP contribution in [0.5, 0.6) is 0 Å². The molecule has 0 amide bonds. The van der Waals surface area contributed by atoms with E-state index in [0.717, 1.165) is 5.57 Å². The predicted octanol–water partition coefficient (Wildman–Crippen LogP) is -0.312. The lowest BCUT2D eigenvalue weighted by molar-refractivity contribution is 0.195. The highest BCUT2D eigenvalue weighted by Gasteiger charge is 1.99. The smallest absolute Gasteiger partial charge is 0.0634 e. The molecule has 0 aromatic carbocycles. The first-order valence-corrected chi connectivity index (χ1v) is 3.17. The monoisotopic (exact) mass is 141 g/mol. The summed E-state index contributed by atoms with van der Waals surface area (Å²) in [5, 5.41) is 14.1. The van der Waals surface area contributed by atoms with E-state index in [0.29, 0.717) is 6.54 Å². The summed E-state index contributed by atoms with van der Waals surface area (Å²) in [4.78, 5) is 0. The number of hydrogen-bond acceptors (Lipinski definition) is 4. The lowest BCUT2D eigenvalue weighted by Crippen LogP contribution is -2.34. The van der Waals surface area contributed by atoms with Gasteiger partial charge in [0.25, 0.3) is 0 Å². The Labute approximate surface area is 59.8 Å². The topological polar surface area (TPSA) is 47.9 Å². The van der Waals surface area contributed by atoms with Crippen molar-refractivity contribution in [1.29, 1.82) is 0 Å². The highest BCUT2D eigenvalue weighted by Crippen LogP contribution is 1.96. The van der Waals surface area contributed by atoms with Gasteiger partial charge >= 0.3 is 0 Å². The Kier molecular flexibility index (Phi) is 2.28. The van der Waals surface area contributed by atoms with Gasteiger partial charge in [-0.25, -0.2) is 5.53 Å². The zero-order valence-corrected chi connectivity index (χ0v) is 5.91. The molecule has 1 aliphatic rings. The van der Waals surface area contributed by atoms with Gasteiger partial charge in [0.1, 0.15) is 0 Å². The molecule has 1 aliphatic heterocycles. The Morgan fingerprint density at radius 1 is 1.80 bits per heavy atom. The second-order valence-corrected chi connectivity index (χ2v) is 2.15. The highest BCUT2D eigenvalue weighted by atomic mass is 16.3. The van der Waals surface area contributed by atoms with Crippen LogP contribution in [-0.2, 0) is 0 Å². The summed E-state index contributed by atoms with van der Waals surface area (Å²) in [5.41, 5.74) is 3.79. The maximum Gasteiger partial charge on any atom is 0.0634 e. The summed E-state index contributed by atoms with van der Waals surface area (Å²) in [6.45, 7) is 2.65. The minimum absolute atomic E-state index is 0.131. The number of nitrogens with zero attached hydrogens (tertiary/aromatic N) is 2. The van der Waals surface area contributed by atoms with Crippen LogP contribution in [0.1, 0.15) is 6.92 Å². The van der Waals surface area contributed by atoms with Crippen LogP contribution in [0.15, 0.2) is 16.9 Å². The van der Waals surface area contributed by atoms with Gasteiger partial charge in [0.15, 0.2) is 0 Å². The fourth-order valence-corrected chi connectivity index (χ4v) is 0.735. The molecule has 0 saturated heterocycles. The summed E-state index contributed by atoms with van der Waals surface area (Å²) in [5.74, 6) is 0. The molecule has 0 atom stereocenters. The summed E-state index contributed by atoms with van der Waals surface area (Å²) in [7, 11) is 0. The minimum atomic E-state index is 0.131. The van der Waals surface area contributed by atoms with Gasteiger partial charge in [0.2, 0.25) is 0 Å². The number of aliphatic hydroxyl groups excluding tert-OH is 1. The summed E-state index contributed by atoms with van der Waals surface area (Å²) >= 11 is 0. The van der Waals surface area contributed by atoms with Gasteiger partial charge < -0.3 is 5.11 Å². The van der Waals surface area contributed by atoms with Crippen LogP contribution in [0.3, 0.4) is 0 Å². The van der Waals surface area contributed by atoms with Crippen LogP contribution in [0.25, 0.3) is 0 Å². The molecule has 0 radical (unpaired) electrons. The second kappa shape index (κ2) is 3.22. The van der Waals surface area contributed by atoms with E-state index in [1.165, 1.54) is 0 Å². The van der Waals surface area contributed by atoms with Crippen molar-refractivity contribution in [3.05, 3.63) is 11.8 Å². The van der Waals surface area contributed by atoms with Crippen molar-refractivity contribution in [3.63, 3.8) is 0 Å². The fraction of sp³-hybridized carbons (Fsp3) is 0.500. The standard InChI is InChI=1S/C6H11N3O/c1-6-4-7-8-9(5-6)2-3-10/h4-5,8,10H,2-3H2,1H3. The van der Waals surface area contributed by atoms with Gasteiger partial charge in [-0.3, -0.25) is 5.01 Å². The van der Waals surface area contributed by atoms with E-state index in [9.17, 15) is 0 Å². The van der Waals surface area contributed by atoms with Gasteiger partial charge in [-0.05, 0) is 12.5 Å². The molecule has 0 aromatic rings. The molecule has 4 heteroatoms. The molecule has 0 unspecified atom stereocenters. The molecule has 1 heterocycles. The third-order valence-corrected chi connectivity index (χ3v) is 1.15. The molecular weight excluding hydrogens is 130 g/mol. The molecule has 2 N–H and O–H groups in total. The zero-order valence-electron chi connectivity index (χ0n) is 5.91. The van der Waals surface area contributed by atoms with Gasteiger partial charge in [-0.1, -0.05) is 0 Å². The number of β-amino-alcohol motifs (C(OH)–C–C–N with tert-alkyl or cyclic N) is 1. The molecule has 0 aromatic heterocycles. The minimum Gasteiger partial charge on any atom is -0.394 e.